The molecule has 7 nitrogen and oxygen atoms in total. The van der Waals surface area contributed by atoms with Gasteiger partial charge in [-0.1, -0.05) is 11.6 Å². The predicted molar refractivity (Wildman–Crippen MR) is 77.3 cm³/mol. The minimum atomic E-state index is -0.357. The van der Waals surface area contributed by atoms with Crippen molar-refractivity contribution in [1.82, 2.24) is 24.6 Å². The number of H-pyrrole nitrogens is 2. The lowest BCUT2D eigenvalue weighted by Gasteiger charge is -2.34. The van der Waals surface area contributed by atoms with Crippen LogP contribution in [0.5, 0.6) is 0 Å². The van der Waals surface area contributed by atoms with Crippen LogP contribution in [0, 0.1) is 0 Å². The molecular formula is C13H16ClN5O2. The lowest BCUT2D eigenvalue weighted by Crippen LogP contribution is -2.39. The molecule has 1 atom stereocenters. The quantitative estimate of drug-likeness (QED) is 0.880. The Morgan fingerprint density at radius 3 is 2.90 bits per heavy atom. The number of carbonyl (C=O) groups is 1. The molecule has 21 heavy (non-hydrogen) atoms. The summed E-state index contributed by atoms with van der Waals surface area (Å²) in [5.74, 6) is 0.409. The van der Waals surface area contributed by atoms with Crippen molar-refractivity contribution in [1.29, 1.82) is 0 Å². The largest absolute Gasteiger partial charge is 0.345 e. The van der Waals surface area contributed by atoms with Gasteiger partial charge in [0, 0.05) is 19.8 Å². The molecule has 0 aliphatic carbocycles. The van der Waals surface area contributed by atoms with Crippen LogP contribution < -0.4 is 5.69 Å². The third kappa shape index (κ3) is 2.61. The van der Waals surface area contributed by atoms with Gasteiger partial charge in [0.2, 0.25) is 0 Å². The Morgan fingerprint density at radius 2 is 2.29 bits per heavy atom. The maximum atomic E-state index is 12.7. The van der Waals surface area contributed by atoms with Crippen LogP contribution >= 0.6 is 11.6 Å². The second-order valence-electron chi connectivity index (χ2n) is 5.23. The number of nitrogens with one attached hydrogen (secondary N) is 2. The van der Waals surface area contributed by atoms with E-state index in [2.05, 4.69) is 15.2 Å². The molecule has 0 spiro atoms. The molecule has 1 unspecified atom stereocenters. The average Bonchev–Trinajstić information content (AvgIpc) is 3.04. The molecule has 3 rings (SSSR count). The van der Waals surface area contributed by atoms with Crippen molar-refractivity contribution in [2.75, 3.05) is 6.54 Å². The number of hydrogen-bond acceptors (Lipinski definition) is 3. The zero-order valence-corrected chi connectivity index (χ0v) is 12.4. The lowest BCUT2D eigenvalue weighted by atomic mass is 10.0. The van der Waals surface area contributed by atoms with Gasteiger partial charge >= 0.3 is 5.69 Å². The number of amides is 1. The first-order valence-electron chi connectivity index (χ1n) is 6.83. The minimum Gasteiger partial charge on any atom is -0.345 e. The van der Waals surface area contributed by atoms with Crippen LogP contribution in [0.15, 0.2) is 17.1 Å². The number of aromatic amines is 2. The summed E-state index contributed by atoms with van der Waals surface area (Å²) in [4.78, 5) is 28.4. The monoisotopic (exact) mass is 309 g/mol. The second kappa shape index (κ2) is 5.40. The highest BCUT2D eigenvalue weighted by atomic mass is 35.5. The molecule has 1 fully saturated rings. The fourth-order valence-electron chi connectivity index (χ4n) is 2.78. The molecule has 0 bridgehead atoms. The van der Waals surface area contributed by atoms with E-state index in [1.807, 2.05) is 0 Å². The van der Waals surface area contributed by atoms with Crippen LogP contribution in [-0.4, -0.2) is 37.1 Å². The van der Waals surface area contributed by atoms with Crippen molar-refractivity contribution < 1.29 is 4.79 Å². The molecule has 1 saturated heterocycles. The van der Waals surface area contributed by atoms with E-state index in [0.717, 1.165) is 19.3 Å². The number of piperidine rings is 1. The van der Waals surface area contributed by atoms with E-state index in [1.165, 1.54) is 0 Å². The van der Waals surface area contributed by atoms with Crippen LogP contribution in [0.1, 0.15) is 41.6 Å². The number of rotatable bonds is 2. The van der Waals surface area contributed by atoms with Crippen LogP contribution in [0.25, 0.3) is 0 Å². The van der Waals surface area contributed by atoms with Gasteiger partial charge in [0.05, 0.1) is 11.1 Å². The Morgan fingerprint density at radius 1 is 1.48 bits per heavy atom. The third-order valence-electron chi connectivity index (χ3n) is 3.79. The van der Waals surface area contributed by atoms with Crippen LogP contribution in [0.2, 0.25) is 5.02 Å². The summed E-state index contributed by atoms with van der Waals surface area (Å²) in [6.07, 6.45) is 4.42. The molecular weight excluding hydrogens is 294 g/mol. The van der Waals surface area contributed by atoms with E-state index in [9.17, 15) is 9.59 Å². The van der Waals surface area contributed by atoms with Crippen molar-refractivity contribution in [3.8, 4) is 0 Å². The first kappa shape index (κ1) is 13.9. The van der Waals surface area contributed by atoms with E-state index in [1.54, 1.807) is 28.8 Å². The highest BCUT2D eigenvalue weighted by Gasteiger charge is 2.31. The van der Waals surface area contributed by atoms with Gasteiger partial charge in [0.1, 0.15) is 5.69 Å². The smallest absolute Gasteiger partial charge is 0.340 e. The van der Waals surface area contributed by atoms with Gasteiger partial charge < -0.3 is 9.47 Å². The Balaban J connectivity index is 1.92. The van der Waals surface area contributed by atoms with Crippen LogP contribution in [0.3, 0.4) is 0 Å². The van der Waals surface area contributed by atoms with E-state index in [-0.39, 0.29) is 17.6 Å². The van der Waals surface area contributed by atoms with Gasteiger partial charge in [-0.2, -0.15) is 5.10 Å². The molecule has 3 heterocycles. The Labute approximate surface area is 125 Å². The third-order valence-corrected chi connectivity index (χ3v) is 4.00. The van der Waals surface area contributed by atoms with Gasteiger partial charge in [-0.15, -0.1) is 0 Å². The standard InChI is InChI=1S/C13H16ClN5O2/c1-18-7-8(14)6-10(18)12(20)19-5-3-2-4-9(19)11-15-13(21)17-16-11/h6-7,9H,2-5H2,1H3,(H2,15,16,17,21). The summed E-state index contributed by atoms with van der Waals surface area (Å²) >= 11 is 5.95. The van der Waals surface area contributed by atoms with Crippen molar-refractivity contribution in [3.63, 3.8) is 0 Å². The number of aromatic nitrogens is 4. The van der Waals surface area contributed by atoms with Crippen molar-refractivity contribution in [3.05, 3.63) is 39.3 Å². The summed E-state index contributed by atoms with van der Waals surface area (Å²) in [5.41, 5.74) is 0.176. The number of aryl methyl sites for hydroxylation is 1. The van der Waals surface area contributed by atoms with Crippen molar-refractivity contribution >= 4 is 17.5 Å². The van der Waals surface area contributed by atoms with Crippen LogP contribution in [0.4, 0.5) is 0 Å². The van der Waals surface area contributed by atoms with Gasteiger partial charge in [-0.25, -0.2) is 9.89 Å². The van der Waals surface area contributed by atoms with E-state index in [0.29, 0.717) is 23.1 Å². The SMILES string of the molecule is Cn1cc(Cl)cc1C(=O)N1CCCCC1c1n[nH]c(=O)[nH]1. The molecule has 2 aromatic heterocycles. The highest BCUT2D eigenvalue weighted by molar-refractivity contribution is 6.31. The molecule has 0 aromatic carbocycles. The van der Waals surface area contributed by atoms with Crippen molar-refractivity contribution in [2.45, 2.75) is 25.3 Å². The molecule has 1 amide bonds. The zero-order chi connectivity index (χ0) is 15.0. The van der Waals surface area contributed by atoms with E-state index < -0.39 is 0 Å². The van der Waals surface area contributed by atoms with E-state index in [4.69, 9.17) is 11.6 Å². The second-order valence-corrected chi connectivity index (χ2v) is 5.66. The van der Waals surface area contributed by atoms with Crippen molar-refractivity contribution in [2.24, 2.45) is 7.05 Å². The molecule has 112 valence electrons. The molecule has 8 heteroatoms. The topological polar surface area (TPSA) is 86.8 Å². The molecule has 0 saturated carbocycles. The number of likely N-dealkylation sites (tertiary alicyclic amines) is 1. The average molecular weight is 310 g/mol. The highest BCUT2D eigenvalue weighted by Crippen LogP contribution is 2.30. The Kier molecular flexibility index (Phi) is 3.59. The van der Waals surface area contributed by atoms with Gasteiger partial charge in [0.15, 0.2) is 5.82 Å². The summed E-state index contributed by atoms with van der Waals surface area (Å²) in [7, 11) is 1.79. The normalized spacial score (nSPS) is 19.0. The van der Waals surface area contributed by atoms with E-state index >= 15 is 0 Å². The first-order valence-corrected chi connectivity index (χ1v) is 7.21. The van der Waals surface area contributed by atoms with Gasteiger partial charge in [-0.05, 0) is 25.3 Å². The Hall–Kier alpha value is -2.02. The number of halogens is 1. The Bertz CT molecular complexity index is 716. The van der Waals surface area contributed by atoms with Gasteiger partial charge in [-0.3, -0.25) is 9.78 Å². The summed E-state index contributed by atoms with van der Waals surface area (Å²) in [6, 6.07) is 1.45. The number of hydrogen-bond donors (Lipinski definition) is 2. The predicted octanol–water partition coefficient (Wildman–Crippen LogP) is 1.46. The summed E-state index contributed by atoms with van der Waals surface area (Å²) < 4.78 is 1.71. The summed E-state index contributed by atoms with van der Waals surface area (Å²) in [5, 5.41) is 6.86. The molecule has 2 N–H and O–H groups in total. The molecule has 1 aliphatic heterocycles. The molecule has 1 aliphatic rings. The number of carbonyl (C=O) groups excluding carboxylic acids is 1. The minimum absolute atomic E-state index is 0.0991. The zero-order valence-electron chi connectivity index (χ0n) is 11.6. The summed E-state index contributed by atoms with van der Waals surface area (Å²) in [6.45, 7) is 0.640. The first-order chi connectivity index (χ1) is 10.1. The fourth-order valence-corrected chi connectivity index (χ4v) is 3.03. The maximum absolute atomic E-state index is 12.7. The molecule has 2 aromatic rings. The number of nitrogens with zero attached hydrogens (tertiary/aromatic N) is 3. The fraction of sp³-hybridized carbons (Fsp3) is 0.462. The maximum Gasteiger partial charge on any atom is 0.340 e. The van der Waals surface area contributed by atoms with Crippen LogP contribution in [-0.2, 0) is 7.05 Å². The lowest BCUT2D eigenvalue weighted by molar-refractivity contribution is 0.0590. The van der Waals surface area contributed by atoms with Gasteiger partial charge in [0.25, 0.3) is 5.91 Å². The molecule has 0 radical (unpaired) electrons.